The van der Waals surface area contributed by atoms with Crippen molar-refractivity contribution in [1.82, 2.24) is 0 Å². The van der Waals surface area contributed by atoms with Gasteiger partial charge in [-0.2, -0.15) is 0 Å². The lowest BCUT2D eigenvalue weighted by atomic mass is 10.1. The molecule has 0 aliphatic heterocycles. The van der Waals surface area contributed by atoms with Crippen molar-refractivity contribution >= 4 is 40.2 Å². The number of thiocarbonyl (C=S) groups is 1. The second kappa shape index (κ2) is 6.11. The van der Waals surface area contributed by atoms with Crippen molar-refractivity contribution in [2.75, 3.05) is 12.4 Å². The third-order valence-corrected chi connectivity index (χ3v) is 3.39. The van der Waals surface area contributed by atoms with E-state index in [-0.39, 0.29) is 0 Å². The number of nitrogens with two attached hydrogens (primary N) is 1. The molecule has 0 bridgehead atoms. The van der Waals surface area contributed by atoms with E-state index in [0.29, 0.717) is 15.8 Å². The van der Waals surface area contributed by atoms with Gasteiger partial charge in [0.05, 0.1) is 12.1 Å². The van der Waals surface area contributed by atoms with Gasteiger partial charge in [-0.25, -0.2) is 0 Å². The molecule has 3 N–H and O–H groups in total. The minimum absolute atomic E-state index is 0.357. The molecule has 0 unspecified atom stereocenters. The zero-order valence-corrected chi connectivity index (χ0v) is 12.8. The number of hydrogen-bond acceptors (Lipinski definition) is 3. The first-order valence-electron chi connectivity index (χ1n) is 6.02. The summed E-state index contributed by atoms with van der Waals surface area (Å²) in [6.45, 7) is 2.00. The minimum Gasteiger partial charge on any atom is -0.495 e. The zero-order chi connectivity index (χ0) is 14.7. The van der Waals surface area contributed by atoms with Crippen molar-refractivity contribution in [3.8, 4) is 5.75 Å². The summed E-state index contributed by atoms with van der Waals surface area (Å²) in [5.41, 5.74) is 9.37. The fraction of sp³-hybridized carbons (Fsp3) is 0.133. The average molecular weight is 307 g/mol. The quantitative estimate of drug-likeness (QED) is 0.837. The Kier molecular flexibility index (Phi) is 4.47. The van der Waals surface area contributed by atoms with Crippen LogP contribution in [0, 0.1) is 6.92 Å². The standard InChI is InChI=1S/C15H15ClN2OS/c1-9-3-5-13(11(7-9)15(17)20)18-10-4-6-14(19-2)12(16)8-10/h3-8,18H,1-2H3,(H2,17,20). The summed E-state index contributed by atoms with van der Waals surface area (Å²) in [6.07, 6.45) is 0. The summed E-state index contributed by atoms with van der Waals surface area (Å²) in [5.74, 6) is 0.635. The van der Waals surface area contributed by atoms with Crippen molar-refractivity contribution in [3.63, 3.8) is 0 Å². The normalized spacial score (nSPS) is 10.2. The summed E-state index contributed by atoms with van der Waals surface area (Å²) < 4.78 is 5.13. The van der Waals surface area contributed by atoms with E-state index in [1.54, 1.807) is 19.2 Å². The van der Waals surface area contributed by atoms with Gasteiger partial charge in [-0.05, 0) is 37.3 Å². The number of nitrogens with one attached hydrogen (secondary N) is 1. The van der Waals surface area contributed by atoms with Gasteiger partial charge in [-0.15, -0.1) is 0 Å². The fourth-order valence-corrected chi connectivity index (χ4v) is 2.30. The maximum absolute atomic E-state index is 6.11. The number of hydrogen-bond donors (Lipinski definition) is 2. The van der Waals surface area contributed by atoms with Gasteiger partial charge < -0.3 is 15.8 Å². The molecule has 0 aromatic heterocycles. The molecule has 0 radical (unpaired) electrons. The molecule has 0 aliphatic rings. The predicted octanol–water partition coefficient (Wildman–Crippen LogP) is 4.03. The highest BCUT2D eigenvalue weighted by atomic mass is 35.5. The van der Waals surface area contributed by atoms with Crippen LogP contribution < -0.4 is 15.8 Å². The molecule has 2 rings (SSSR count). The Balaban J connectivity index is 2.35. The molecule has 0 atom stereocenters. The van der Waals surface area contributed by atoms with Crippen LogP contribution in [-0.2, 0) is 0 Å². The summed E-state index contributed by atoms with van der Waals surface area (Å²) in [6, 6.07) is 11.4. The zero-order valence-electron chi connectivity index (χ0n) is 11.2. The van der Waals surface area contributed by atoms with E-state index in [4.69, 9.17) is 34.3 Å². The number of ether oxygens (including phenoxy) is 1. The Bertz CT molecular complexity index is 658. The van der Waals surface area contributed by atoms with Gasteiger partial charge in [0.1, 0.15) is 10.7 Å². The van der Waals surface area contributed by atoms with Gasteiger partial charge in [0.2, 0.25) is 0 Å². The van der Waals surface area contributed by atoms with Crippen LogP contribution in [0.5, 0.6) is 5.75 Å². The lowest BCUT2D eigenvalue weighted by Gasteiger charge is -2.13. The number of methoxy groups -OCH3 is 1. The number of aryl methyl sites for hydroxylation is 1. The Morgan fingerprint density at radius 3 is 2.60 bits per heavy atom. The molecular formula is C15H15ClN2OS. The lowest BCUT2D eigenvalue weighted by Crippen LogP contribution is -2.12. The monoisotopic (exact) mass is 306 g/mol. The van der Waals surface area contributed by atoms with Crippen LogP contribution in [0.4, 0.5) is 11.4 Å². The Hall–Kier alpha value is -1.78. The molecular weight excluding hydrogens is 292 g/mol. The fourth-order valence-electron chi connectivity index (χ4n) is 1.87. The lowest BCUT2D eigenvalue weighted by molar-refractivity contribution is 0.415. The van der Waals surface area contributed by atoms with Crippen LogP contribution in [0.25, 0.3) is 0 Å². The smallest absolute Gasteiger partial charge is 0.137 e. The van der Waals surface area contributed by atoms with E-state index < -0.39 is 0 Å². The molecule has 2 aromatic rings. The first-order chi connectivity index (χ1) is 9.51. The van der Waals surface area contributed by atoms with Crippen LogP contribution in [0.2, 0.25) is 5.02 Å². The molecule has 0 spiro atoms. The first-order valence-corrected chi connectivity index (χ1v) is 6.81. The molecule has 0 saturated heterocycles. The van der Waals surface area contributed by atoms with Crippen LogP contribution in [0.15, 0.2) is 36.4 Å². The van der Waals surface area contributed by atoms with Gasteiger partial charge in [0.15, 0.2) is 0 Å². The van der Waals surface area contributed by atoms with Gasteiger partial charge in [-0.3, -0.25) is 0 Å². The predicted molar refractivity (Wildman–Crippen MR) is 88.4 cm³/mol. The maximum atomic E-state index is 6.11. The summed E-state index contributed by atoms with van der Waals surface area (Å²) in [7, 11) is 1.58. The third kappa shape index (κ3) is 3.21. The van der Waals surface area contributed by atoms with E-state index in [1.807, 2.05) is 31.2 Å². The van der Waals surface area contributed by atoms with Gasteiger partial charge >= 0.3 is 0 Å². The van der Waals surface area contributed by atoms with Crippen LogP contribution in [0.3, 0.4) is 0 Å². The Labute approximate surface area is 128 Å². The molecule has 5 heteroatoms. The van der Waals surface area contributed by atoms with E-state index in [0.717, 1.165) is 22.5 Å². The molecule has 0 saturated carbocycles. The van der Waals surface area contributed by atoms with E-state index >= 15 is 0 Å². The Morgan fingerprint density at radius 2 is 2.00 bits per heavy atom. The SMILES string of the molecule is COc1ccc(Nc2ccc(C)cc2C(N)=S)cc1Cl. The summed E-state index contributed by atoms with van der Waals surface area (Å²) in [5, 5.41) is 3.81. The van der Waals surface area contributed by atoms with Crippen molar-refractivity contribution in [1.29, 1.82) is 0 Å². The van der Waals surface area contributed by atoms with Crippen molar-refractivity contribution in [2.24, 2.45) is 5.73 Å². The number of rotatable bonds is 4. The van der Waals surface area contributed by atoms with E-state index in [1.165, 1.54) is 0 Å². The maximum Gasteiger partial charge on any atom is 0.137 e. The van der Waals surface area contributed by atoms with E-state index in [2.05, 4.69) is 5.32 Å². The van der Waals surface area contributed by atoms with Crippen LogP contribution in [-0.4, -0.2) is 12.1 Å². The molecule has 3 nitrogen and oxygen atoms in total. The number of anilines is 2. The van der Waals surface area contributed by atoms with Crippen molar-refractivity contribution < 1.29 is 4.74 Å². The highest BCUT2D eigenvalue weighted by Gasteiger charge is 2.07. The Morgan fingerprint density at radius 1 is 1.25 bits per heavy atom. The molecule has 0 aliphatic carbocycles. The molecule has 104 valence electrons. The number of benzene rings is 2. The van der Waals surface area contributed by atoms with Gasteiger partial charge in [0, 0.05) is 16.9 Å². The largest absolute Gasteiger partial charge is 0.495 e. The topological polar surface area (TPSA) is 47.3 Å². The molecule has 0 heterocycles. The molecule has 0 amide bonds. The molecule has 2 aromatic carbocycles. The van der Waals surface area contributed by atoms with Crippen LogP contribution >= 0.6 is 23.8 Å². The first kappa shape index (κ1) is 14.6. The summed E-state index contributed by atoms with van der Waals surface area (Å²) >= 11 is 11.2. The molecule has 0 fully saturated rings. The van der Waals surface area contributed by atoms with Gasteiger partial charge in [-0.1, -0.05) is 35.4 Å². The highest BCUT2D eigenvalue weighted by Crippen LogP contribution is 2.30. The number of halogens is 1. The molecule has 20 heavy (non-hydrogen) atoms. The summed E-state index contributed by atoms with van der Waals surface area (Å²) in [4.78, 5) is 0.357. The second-order valence-corrected chi connectivity index (χ2v) is 5.23. The van der Waals surface area contributed by atoms with Crippen LogP contribution in [0.1, 0.15) is 11.1 Å². The van der Waals surface area contributed by atoms with Crippen molar-refractivity contribution in [2.45, 2.75) is 6.92 Å². The van der Waals surface area contributed by atoms with E-state index in [9.17, 15) is 0 Å². The third-order valence-electron chi connectivity index (χ3n) is 2.87. The average Bonchev–Trinajstić information content (AvgIpc) is 2.41. The minimum atomic E-state index is 0.357. The highest BCUT2D eigenvalue weighted by molar-refractivity contribution is 7.80. The second-order valence-electron chi connectivity index (χ2n) is 4.39. The van der Waals surface area contributed by atoms with Gasteiger partial charge in [0.25, 0.3) is 0 Å². The van der Waals surface area contributed by atoms with Crippen molar-refractivity contribution in [3.05, 3.63) is 52.5 Å².